The van der Waals surface area contributed by atoms with Gasteiger partial charge in [-0.2, -0.15) is 5.10 Å². The number of ether oxygens (including phenoxy) is 2. The molecule has 0 fully saturated rings. The van der Waals surface area contributed by atoms with Crippen molar-refractivity contribution in [1.82, 2.24) is 5.43 Å². The molecule has 2 amide bonds. The van der Waals surface area contributed by atoms with Crippen LogP contribution in [0.2, 0.25) is 0 Å². The van der Waals surface area contributed by atoms with Gasteiger partial charge >= 0.3 is 0 Å². The zero-order valence-corrected chi connectivity index (χ0v) is 16.6. The molecule has 0 bridgehead atoms. The molecule has 7 heteroatoms. The molecule has 154 valence electrons. The van der Waals surface area contributed by atoms with Crippen LogP contribution in [0.4, 0.5) is 5.69 Å². The molecule has 2 aliphatic heterocycles. The quantitative estimate of drug-likeness (QED) is 0.652. The number of carbonyl (C=O) groups excluding carboxylic acids is 2. The van der Waals surface area contributed by atoms with Gasteiger partial charge in [0.1, 0.15) is 0 Å². The first-order valence-corrected chi connectivity index (χ1v) is 9.93. The van der Waals surface area contributed by atoms with Crippen LogP contribution >= 0.6 is 0 Å². The summed E-state index contributed by atoms with van der Waals surface area (Å²) in [6, 6.07) is 22.3. The molecule has 5 rings (SSSR count). The van der Waals surface area contributed by atoms with E-state index >= 15 is 0 Å². The maximum Gasteiger partial charge on any atom is 0.279 e. The maximum atomic E-state index is 13.1. The Morgan fingerprint density at radius 1 is 0.968 bits per heavy atom. The van der Waals surface area contributed by atoms with E-state index in [1.807, 2.05) is 54.6 Å². The van der Waals surface area contributed by atoms with Crippen molar-refractivity contribution in [2.75, 3.05) is 18.2 Å². The third-order valence-corrected chi connectivity index (χ3v) is 5.27. The topological polar surface area (TPSA) is 80.2 Å². The molecule has 0 atom stereocenters. The molecule has 0 radical (unpaired) electrons. The lowest BCUT2D eigenvalue weighted by molar-refractivity contribution is -0.112. The fourth-order valence-electron chi connectivity index (χ4n) is 3.69. The van der Waals surface area contributed by atoms with E-state index in [1.165, 1.54) is 0 Å². The number of para-hydroxylation sites is 1. The van der Waals surface area contributed by atoms with Crippen molar-refractivity contribution < 1.29 is 19.1 Å². The van der Waals surface area contributed by atoms with Crippen molar-refractivity contribution in [3.05, 3.63) is 89.5 Å². The molecule has 0 aromatic heterocycles. The van der Waals surface area contributed by atoms with E-state index in [4.69, 9.17) is 9.47 Å². The Balaban J connectivity index is 1.35. The number of fused-ring (bicyclic) bond motifs is 2. The second kappa shape index (κ2) is 7.95. The van der Waals surface area contributed by atoms with E-state index in [-0.39, 0.29) is 18.4 Å². The number of nitrogens with zero attached hydrogens (tertiary/aromatic N) is 2. The predicted octanol–water partition coefficient (Wildman–Crippen LogP) is 3.14. The average Bonchev–Trinajstić information content (AvgIpc) is 3.38. The van der Waals surface area contributed by atoms with Gasteiger partial charge in [-0.1, -0.05) is 48.5 Å². The van der Waals surface area contributed by atoms with Gasteiger partial charge in [-0.05, 0) is 36.2 Å². The summed E-state index contributed by atoms with van der Waals surface area (Å²) < 4.78 is 10.6. The molecule has 0 spiro atoms. The molecular formula is C24H19N3O4. The summed E-state index contributed by atoms with van der Waals surface area (Å²) >= 11 is 0. The predicted molar refractivity (Wildman–Crippen MR) is 116 cm³/mol. The van der Waals surface area contributed by atoms with Crippen molar-refractivity contribution >= 4 is 23.2 Å². The largest absolute Gasteiger partial charge is 0.454 e. The van der Waals surface area contributed by atoms with Gasteiger partial charge in [-0.25, -0.2) is 5.43 Å². The third kappa shape index (κ3) is 3.61. The van der Waals surface area contributed by atoms with E-state index < -0.39 is 5.91 Å². The highest BCUT2D eigenvalue weighted by molar-refractivity contribution is 6.54. The minimum atomic E-state index is -0.432. The van der Waals surface area contributed by atoms with Crippen molar-refractivity contribution in [2.45, 2.75) is 6.42 Å². The SMILES string of the molecule is O=C(N/N=C1\C(=O)N(CCc2ccccc2)c2ccccc21)c1ccc2c(c1)OCO2. The second-order valence-electron chi connectivity index (χ2n) is 7.18. The van der Waals surface area contributed by atoms with E-state index in [1.54, 1.807) is 23.1 Å². The average molecular weight is 413 g/mol. The molecule has 3 aromatic carbocycles. The number of benzene rings is 3. The maximum absolute atomic E-state index is 13.1. The lowest BCUT2D eigenvalue weighted by Gasteiger charge is -2.16. The lowest BCUT2D eigenvalue weighted by Crippen LogP contribution is -2.33. The van der Waals surface area contributed by atoms with Crippen molar-refractivity contribution in [1.29, 1.82) is 0 Å². The van der Waals surface area contributed by atoms with Crippen molar-refractivity contribution in [3.63, 3.8) is 0 Å². The van der Waals surface area contributed by atoms with Crippen LogP contribution < -0.4 is 19.8 Å². The minimum absolute atomic E-state index is 0.132. The van der Waals surface area contributed by atoms with Gasteiger partial charge in [0.25, 0.3) is 11.8 Å². The van der Waals surface area contributed by atoms with Gasteiger partial charge in [-0.15, -0.1) is 0 Å². The van der Waals surface area contributed by atoms with E-state index in [0.29, 0.717) is 29.2 Å². The molecule has 1 N–H and O–H groups in total. The van der Waals surface area contributed by atoms with Crippen LogP contribution in [0.5, 0.6) is 11.5 Å². The van der Waals surface area contributed by atoms with Crippen LogP contribution in [0.15, 0.2) is 77.9 Å². The molecule has 0 unspecified atom stereocenters. The Kier molecular flexibility index (Phi) is 4.84. The van der Waals surface area contributed by atoms with E-state index in [9.17, 15) is 9.59 Å². The first kappa shape index (κ1) is 18.9. The Morgan fingerprint density at radius 2 is 1.74 bits per heavy atom. The highest BCUT2D eigenvalue weighted by Gasteiger charge is 2.33. The van der Waals surface area contributed by atoms with Gasteiger partial charge in [0.15, 0.2) is 17.2 Å². The molecule has 0 saturated heterocycles. The highest BCUT2D eigenvalue weighted by atomic mass is 16.7. The summed E-state index contributed by atoms with van der Waals surface area (Å²) in [5.41, 5.74) is 5.73. The number of hydrogen-bond acceptors (Lipinski definition) is 5. The number of hydrazone groups is 1. The highest BCUT2D eigenvalue weighted by Crippen LogP contribution is 2.32. The number of amides is 2. The molecule has 2 heterocycles. The first-order chi connectivity index (χ1) is 15.2. The van der Waals surface area contributed by atoms with Gasteiger partial charge in [0.05, 0.1) is 5.69 Å². The Morgan fingerprint density at radius 3 is 2.61 bits per heavy atom. The fraction of sp³-hybridized carbons (Fsp3) is 0.125. The van der Waals surface area contributed by atoms with Crippen LogP contribution in [-0.2, 0) is 11.2 Å². The van der Waals surface area contributed by atoms with Crippen LogP contribution in [-0.4, -0.2) is 30.9 Å². The number of hydrogen-bond donors (Lipinski definition) is 1. The van der Waals surface area contributed by atoms with Crippen LogP contribution in [0.1, 0.15) is 21.5 Å². The van der Waals surface area contributed by atoms with Crippen molar-refractivity contribution in [3.8, 4) is 11.5 Å². The molecule has 31 heavy (non-hydrogen) atoms. The Labute approximate surface area is 178 Å². The number of nitrogens with one attached hydrogen (secondary N) is 1. The smallest absolute Gasteiger partial charge is 0.279 e. The summed E-state index contributed by atoms with van der Waals surface area (Å²) in [6.07, 6.45) is 0.720. The van der Waals surface area contributed by atoms with Crippen LogP contribution in [0, 0.1) is 0 Å². The monoisotopic (exact) mass is 413 g/mol. The molecule has 2 aliphatic rings. The summed E-state index contributed by atoms with van der Waals surface area (Å²) in [5.74, 6) is 0.438. The molecule has 3 aromatic rings. The third-order valence-electron chi connectivity index (χ3n) is 5.27. The van der Waals surface area contributed by atoms with E-state index in [2.05, 4.69) is 10.5 Å². The zero-order chi connectivity index (χ0) is 21.2. The summed E-state index contributed by atoms with van der Waals surface area (Å²) in [6.45, 7) is 0.655. The van der Waals surface area contributed by atoms with E-state index in [0.717, 1.165) is 17.7 Å². The van der Waals surface area contributed by atoms with Gasteiger partial charge < -0.3 is 14.4 Å². The fourth-order valence-corrected chi connectivity index (χ4v) is 3.69. The number of carbonyl (C=O) groups is 2. The summed E-state index contributed by atoms with van der Waals surface area (Å²) in [5, 5.41) is 4.17. The van der Waals surface area contributed by atoms with Gasteiger partial charge in [0, 0.05) is 17.7 Å². The standard InChI is InChI=1S/C24H19N3O4/c28-23(17-10-11-20-21(14-17)31-15-30-20)26-25-22-18-8-4-5-9-19(18)27(24(22)29)13-12-16-6-2-1-3-7-16/h1-11,14H,12-13,15H2,(H,26,28)/b25-22-. The molecule has 0 aliphatic carbocycles. The normalized spacial score (nSPS) is 15.3. The lowest BCUT2D eigenvalue weighted by atomic mass is 10.1. The minimum Gasteiger partial charge on any atom is -0.454 e. The molecular weight excluding hydrogens is 394 g/mol. The summed E-state index contributed by atoms with van der Waals surface area (Å²) in [7, 11) is 0. The molecule has 0 saturated carbocycles. The Hall–Kier alpha value is -4.13. The first-order valence-electron chi connectivity index (χ1n) is 9.93. The van der Waals surface area contributed by atoms with Crippen LogP contribution in [0.25, 0.3) is 0 Å². The number of anilines is 1. The van der Waals surface area contributed by atoms with Crippen molar-refractivity contribution in [2.24, 2.45) is 5.10 Å². The zero-order valence-electron chi connectivity index (χ0n) is 16.6. The van der Waals surface area contributed by atoms with Gasteiger partial charge in [0.2, 0.25) is 6.79 Å². The molecule has 7 nitrogen and oxygen atoms in total. The Bertz CT molecular complexity index is 1190. The van der Waals surface area contributed by atoms with Gasteiger partial charge in [-0.3, -0.25) is 9.59 Å². The number of rotatable bonds is 5. The summed E-state index contributed by atoms with van der Waals surface area (Å²) in [4.78, 5) is 27.4. The second-order valence-corrected chi connectivity index (χ2v) is 7.18. The van der Waals surface area contributed by atoms with Crippen LogP contribution in [0.3, 0.4) is 0 Å².